The molecule has 1 aliphatic rings. The number of hydrazone groups is 1. The first kappa shape index (κ1) is 18.0. The van der Waals surface area contributed by atoms with Crippen LogP contribution in [0.3, 0.4) is 0 Å². The van der Waals surface area contributed by atoms with Crippen LogP contribution >= 0.6 is 0 Å². The molecule has 0 saturated heterocycles. The number of aromatic nitrogens is 2. The van der Waals surface area contributed by atoms with E-state index in [0.29, 0.717) is 5.56 Å². The average molecular weight is 374 g/mol. The van der Waals surface area contributed by atoms with Gasteiger partial charge in [0.1, 0.15) is 17.2 Å². The first-order chi connectivity index (χ1) is 12.2. The van der Waals surface area contributed by atoms with Gasteiger partial charge in [-0.15, -0.1) is 0 Å². The molecule has 3 rings (SSSR count). The molecule has 0 spiro atoms. The zero-order valence-corrected chi connectivity index (χ0v) is 12.8. The monoisotopic (exact) mass is 374 g/mol. The molecular weight excluding hydrogens is 363 g/mol. The first-order valence-corrected chi connectivity index (χ1v) is 7.24. The number of H-pyrrole nitrogens is 1. The van der Waals surface area contributed by atoms with Gasteiger partial charge in [-0.25, -0.2) is 22.0 Å². The highest BCUT2D eigenvalue weighted by atomic mass is 19.3. The molecule has 1 atom stereocenters. The number of amides is 1. The molecule has 2 aromatic rings. The van der Waals surface area contributed by atoms with E-state index in [4.69, 9.17) is 0 Å². The van der Waals surface area contributed by atoms with Crippen LogP contribution in [-0.4, -0.2) is 50.5 Å². The van der Waals surface area contributed by atoms with E-state index in [2.05, 4.69) is 15.3 Å². The summed E-state index contributed by atoms with van der Waals surface area (Å²) >= 11 is 0. The summed E-state index contributed by atoms with van der Waals surface area (Å²) in [6.45, 7) is 0. The molecule has 1 amide bonds. The second-order valence-corrected chi connectivity index (χ2v) is 5.54. The molecule has 26 heavy (non-hydrogen) atoms. The van der Waals surface area contributed by atoms with Gasteiger partial charge in [-0.2, -0.15) is 15.2 Å². The number of rotatable bonds is 4. The molecule has 2 N–H and O–H groups in total. The van der Waals surface area contributed by atoms with Crippen molar-refractivity contribution in [1.29, 1.82) is 0 Å². The fourth-order valence-corrected chi connectivity index (χ4v) is 2.42. The molecule has 6 nitrogen and oxygen atoms in total. The first-order valence-electron chi connectivity index (χ1n) is 7.24. The maximum Gasteiger partial charge on any atom is 0.294 e. The van der Waals surface area contributed by atoms with Crippen LogP contribution in [0.25, 0.3) is 11.3 Å². The minimum atomic E-state index is -3.52. The Morgan fingerprint density at radius 3 is 2.46 bits per heavy atom. The third kappa shape index (κ3) is 3.05. The Kier molecular flexibility index (Phi) is 4.48. The van der Waals surface area contributed by atoms with Crippen LogP contribution in [-0.2, 0) is 0 Å². The topological polar surface area (TPSA) is 81.6 Å². The van der Waals surface area contributed by atoms with Crippen LogP contribution in [0.5, 0.6) is 0 Å². The number of carbonyl (C=O) groups is 1. The van der Waals surface area contributed by atoms with Crippen LogP contribution in [0.4, 0.5) is 22.0 Å². The van der Waals surface area contributed by atoms with Gasteiger partial charge >= 0.3 is 0 Å². The highest BCUT2D eigenvalue weighted by Crippen LogP contribution is 2.34. The number of aliphatic hydroxyl groups is 1. The Morgan fingerprint density at radius 2 is 1.88 bits per heavy atom. The van der Waals surface area contributed by atoms with Crippen molar-refractivity contribution in [3.8, 4) is 11.3 Å². The Morgan fingerprint density at radius 1 is 1.23 bits per heavy atom. The van der Waals surface area contributed by atoms with Crippen LogP contribution in [0, 0.1) is 5.82 Å². The van der Waals surface area contributed by atoms with Crippen LogP contribution in [0.15, 0.2) is 35.4 Å². The lowest BCUT2D eigenvalue weighted by Gasteiger charge is -2.29. The normalized spacial score (nSPS) is 20.2. The Hall–Kier alpha value is -2.82. The van der Waals surface area contributed by atoms with Gasteiger partial charge < -0.3 is 5.11 Å². The third-order valence-corrected chi connectivity index (χ3v) is 3.78. The molecular formula is C15H11F5N4O2. The highest BCUT2D eigenvalue weighted by Gasteiger charge is 2.53. The number of carbonyl (C=O) groups excluding carboxylic acids is 1. The van der Waals surface area contributed by atoms with E-state index >= 15 is 0 Å². The minimum absolute atomic E-state index is 0.0683. The third-order valence-electron chi connectivity index (χ3n) is 3.78. The van der Waals surface area contributed by atoms with Crippen molar-refractivity contribution >= 4 is 11.6 Å². The maximum absolute atomic E-state index is 13.2. The van der Waals surface area contributed by atoms with Gasteiger partial charge in [0.15, 0.2) is 0 Å². The lowest BCUT2D eigenvalue weighted by molar-refractivity contribution is -0.164. The summed E-state index contributed by atoms with van der Waals surface area (Å²) in [6.07, 6.45) is -7.90. The summed E-state index contributed by atoms with van der Waals surface area (Å²) in [4.78, 5) is 12.4. The zero-order chi connectivity index (χ0) is 19.1. The van der Waals surface area contributed by atoms with Crippen molar-refractivity contribution in [3.05, 3.63) is 41.8 Å². The molecule has 2 heterocycles. The van der Waals surface area contributed by atoms with E-state index in [-0.39, 0.29) is 16.4 Å². The van der Waals surface area contributed by atoms with Gasteiger partial charge in [-0.3, -0.25) is 9.89 Å². The lowest BCUT2D eigenvalue weighted by Crippen LogP contribution is -2.51. The summed E-state index contributed by atoms with van der Waals surface area (Å²) < 4.78 is 64.8. The fraction of sp³-hybridized carbons (Fsp3) is 0.267. The van der Waals surface area contributed by atoms with Crippen LogP contribution < -0.4 is 0 Å². The van der Waals surface area contributed by atoms with E-state index in [0.717, 1.165) is 18.2 Å². The van der Waals surface area contributed by atoms with Crippen LogP contribution in [0.1, 0.15) is 16.9 Å². The zero-order valence-electron chi connectivity index (χ0n) is 12.8. The molecule has 138 valence electrons. The van der Waals surface area contributed by atoms with Gasteiger partial charge in [0.2, 0.25) is 5.72 Å². The number of alkyl halides is 4. The molecule has 11 heteroatoms. The van der Waals surface area contributed by atoms with Crippen molar-refractivity contribution < 1.29 is 31.9 Å². The predicted octanol–water partition coefficient (Wildman–Crippen LogP) is 2.64. The minimum Gasteiger partial charge on any atom is -0.364 e. The van der Waals surface area contributed by atoms with Crippen molar-refractivity contribution in [2.75, 3.05) is 0 Å². The fourth-order valence-electron chi connectivity index (χ4n) is 2.42. The van der Waals surface area contributed by atoms with Gasteiger partial charge in [-0.05, 0) is 30.3 Å². The van der Waals surface area contributed by atoms with E-state index in [1.165, 1.54) is 12.1 Å². The molecule has 0 unspecified atom stereocenters. The summed E-state index contributed by atoms with van der Waals surface area (Å²) in [5.74, 6) is -1.75. The number of benzene rings is 1. The van der Waals surface area contributed by atoms with E-state index in [9.17, 15) is 31.9 Å². The van der Waals surface area contributed by atoms with Gasteiger partial charge in [0.05, 0.1) is 5.69 Å². The van der Waals surface area contributed by atoms with Crippen molar-refractivity contribution in [2.24, 2.45) is 5.10 Å². The highest BCUT2D eigenvalue weighted by molar-refractivity contribution is 5.98. The molecule has 1 aliphatic heterocycles. The Labute approximate surface area is 142 Å². The smallest absolute Gasteiger partial charge is 0.294 e. The van der Waals surface area contributed by atoms with Gasteiger partial charge in [0, 0.05) is 12.0 Å². The summed E-state index contributed by atoms with van der Waals surface area (Å²) in [6, 6.07) is 6.20. The van der Waals surface area contributed by atoms with Crippen molar-refractivity contribution in [2.45, 2.75) is 25.0 Å². The molecule has 0 bridgehead atoms. The molecule has 0 aliphatic carbocycles. The standard InChI is InChI=1S/C15H11F5N4O2/c16-8-3-1-7(2-4-8)9-5-10(22-21-9)13(25)24-15(26,14(19)20)6-11(23-24)12(17)18/h1-5,12,14,26H,6H2,(H,21,22)/t15-/m1/s1. The van der Waals surface area contributed by atoms with E-state index in [1.54, 1.807) is 0 Å². The Bertz CT molecular complexity index is 852. The number of nitrogens with zero attached hydrogens (tertiary/aromatic N) is 3. The maximum atomic E-state index is 13.2. The molecule has 1 aromatic carbocycles. The average Bonchev–Trinajstić information content (AvgIpc) is 3.21. The van der Waals surface area contributed by atoms with E-state index < -0.39 is 42.4 Å². The lowest BCUT2D eigenvalue weighted by atomic mass is 10.1. The molecule has 0 radical (unpaired) electrons. The molecule has 0 saturated carbocycles. The van der Waals surface area contributed by atoms with Crippen molar-refractivity contribution in [3.63, 3.8) is 0 Å². The largest absolute Gasteiger partial charge is 0.364 e. The number of halogens is 5. The SMILES string of the molecule is O=C(c1cc(-c2ccc(F)cc2)n[nH]1)N1N=C(C(F)F)C[C@@]1(O)C(F)F. The Balaban J connectivity index is 1.91. The predicted molar refractivity (Wildman–Crippen MR) is 79.2 cm³/mol. The van der Waals surface area contributed by atoms with Gasteiger partial charge in [0.25, 0.3) is 18.8 Å². The number of nitrogens with one attached hydrogen (secondary N) is 1. The number of hydrogen-bond acceptors (Lipinski definition) is 4. The molecule has 0 fully saturated rings. The summed E-state index contributed by atoms with van der Waals surface area (Å²) in [7, 11) is 0. The second kappa shape index (κ2) is 6.48. The molecule has 1 aromatic heterocycles. The second-order valence-electron chi connectivity index (χ2n) is 5.54. The van der Waals surface area contributed by atoms with Crippen LogP contribution in [0.2, 0.25) is 0 Å². The number of hydrogen-bond donors (Lipinski definition) is 2. The summed E-state index contributed by atoms with van der Waals surface area (Å²) in [5.41, 5.74) is -3.96. The van der Waals surface area contributed by atoms with Gasteiger partial charge in [-0.1, -0.05) is 0 Å². The van der Waals surface area contributed by atoms with Crippen molar-refractivity contribution in [1.82, 2.24) is 15.2 Å². The summed E-state index contributed by atoms with van der Waals surface area (Å²) in [5, 5.41) is 19.1. The van der Waals surface area contributed by atoms with E-state index in [1.807, 2.05) is 0 Å². The quantitative estimate of drug-likeness (QED) is 0.808. The number of aromatic amines is 1.